The predicted octanol–water partition coefficient (Wildman–Crippen LogP) is 4.24. The van der Waals surface area contributed by atoms with Crippen LogP contribution in [0.4, 0.5) is 11.4 Å². The van der Waals surface area contributed by atoms with Gasteiger partial charge >= 0.3 is 0 Å². The van der Waals surface area contributed by atoms with Gasteiger partial charge in [-0.1, -0.05) is 25.5 Å². The van der Waals surface area contributed by atoms with Gasteiger partial charge in [0.1, 0.15) is 0 Å². The van der Waals surface area contributed by atoms with Gasteiger partial charge in [0.05, 0.1) is 32.9 Å². The minimum Gasteiger partial charge on any atom is -0.364 e. The number of thiophene rings is 1. The second kappa shape index (κ2) is 7.18. The minimum atomic E-state index is 0.0116. The minimum absolute atomic E-state index is 0.0116. The first-order valence-corrected chi connectivity index (χ1v) is 9.22. The summed E-state index contributed by atoms with van der Waals surface area (Å²) < 4.78 is 0. The highest BCUT2D eigenvalue weighted by molar-refractivity contribution is 7.16. The van der Waals surface area contributed by atoms with E-state index in [0.29, 0.717) is 0 Å². The largest absolute Gasteiger partial charge is 0.364 e. The number of rotatable bonds is 5. The van der Waals surface area contributed by atoms with Gasteiger partial charge in [0.2, 0.25) is 0 Å². The topological polar surface area (TPSA) is 44.7 Å². The van der Waals surface area contributed by atoms with Crippen LogP contribution in [0.25, 0.3) is 0 Å². The Morgan fingerprint density at radius 3 is 2.88 bits per heavy atom. The van der Waals surface area contributed by atoms with E-state index in [-0.39, 0.29) is 11.9 Å². The van der Waals surface area contributed by atoms with E-state index in [1.165, 1.54) is 11.3 Å². The van der Waals surface area contributed by atoms with Crippen LogP contribution in [0.5, 0.6) is 0 Å². The van der Waals surface area contributed by atoms with E-state index in [0.717, 1.165) is 46.2 Å². The predicted molar refractivity (Wildman–Crippen MR) is 102 cm³/mol. The number of fused-ring (bicyclic) bond motifs is 1. The summed E-state index contributed by atoms with van der Waals surface area (Å²) in [4.78, 5) is 21.1. The number of hydrogen-bond acceptors (Lipinski definition) is 4. The average Bonchev–Trinajstić information content (AvgIpc) is 3.08. The molecule has 1 aromatic carbocycles. The Hall–Kier alpha value is -2.14. The van der Waals surface area contributed by atoms with Gasteiger partial charge in [-0.05, 0) is 37.6 Å². The molecule has 0 saturated carbocycles. The highest BCUT2D eigenvalue weighted by atomic mass is 32.1. The first-order chi connectivity index (χ1) is 11.6. The van der Waals surface area contributed by atoms with Gasteiger partial charge < -0.3 is 10.2 Å². The van der Waals surface area contributed by atoms with Crippen LogP contribution >= 0.6 is 11.3 Å². The number of carbonyl (C=O) groups excluding carboxylic acids is 1. The van der Waals surface area contributed by atoms with Crippen molar-refractivity contribution in [1.82, 2.24) is 5.32 Å². The van der Waals surface area contributed by atoms with Crippen molar-refractivity contribution in [2.45, 2.75) is 32.7 Å². The summed E-state index contributed by atoms with van der Waals surface area (Å²) in [6.45, 7) is 5.00. The average molecular weight is 341 g/mol. The zero-order valence-electron chi connectivity index (χ0n) is 14.4. The number of aliphatic imine (C=N–C) groups is 1. The smallest absolute Gasteiger partial charge is 0.261 e. The Labute approximate surface area is 147 Å². The molecule has 0 saturated heterocycles. The highest BCUT2D eigenvalue weighted by Gasteiger charge is 2.26. The zero-order valence-corrected chi connectivity index (χ0v) is 15.2. The molecule has 0 bridgehead atoms. The molecule has 1 aromatic heterocycles. The Balaban J connectivity index is 1.85. The molecule has 126 valence electrons. The number of anilines is 1. The monoisotopic (exact) mass is 341 g/mol. The van der Waals surface area contributed by atoms with Crippen LogP contribution in [0.2, 0.25) is 0 Å². The molecular weight excluding hydrogens is 318 g/mol. The molecule has 1 N–H and O–H groups in total. The molecule has 0 aliphatic carbocycles. The summed E-state index contributed by atoms with van der Waals surface area (Å²) in [5.74, 6) is 0.0116. The maximum Gasteiger partial charge on any atom is 0.261 e. The lowest BCUT2D eigenvalue weighted by atomic mass is 10.1. The molecule has 4 nitrogen and oxygen atoms in total. The molecule has 1 amide bonds. The molecule has 5 heteroatoms. The lowest BCUT2D eigenvalue weighted by molar-refractivity contribution is 0.0957. The fourth-order valence-corrected chi connectivity index (χ4v) is 3.79. The summed E-state index contributed by atoms with van der Waals surface area (Å²) in [5, 5.41) is 2.97. The van der Waals surface area contributed by atoms with E-state index in [9.17, 15) is 4.79 Å². The van der Waals surface area contributed by atoms with Gasteiger partial charge in [0.25, 0.3) is 5.91 Å². The Bertz CT molecular complexity index is 765. The molecule has 1 atom stereocenters. The van der Waals surface area contributed by atoms with E-state index in [4.69, 9.17) is 4.99 Å². The maximum absolute atomic E-state index is 12.2. The summed E-state index contributed by atoms with van der Waals surface area (Å²) in [6, 6.07) is 12.2. The van der Waals surface area contributed by atoms with Crippen LogP contribution in [0, 0.1) is 0 Å². The Morgan fingerprint density at radius 1 is 1.29 bits per heavy atom. The number of nitrogens with zero attached hydrogens (tertiary/aromatic N) is 2. The SMILES string of the molecule is CCCCNC(=O)c1ccc(C2=Nc3ccccc3N(C)C2C)s1. The molecule has 2 aromatic rings. The van der Waals surface area contributed by atoms with Crippen LogP contribution in [-0.4, -0.2) is 31.3 Å². The van der Waals surface area contributed by atoms with Crippen LogP contribution < -0.4 is 10.2 Å². The van der Waals surface area contributed by atoms with E-state index in [1.54, 1.807) is 0 Å². The maximum atomic E-state index is 12.2. The molecule has 0 radical (unpaired) electrons. The number of benzene rings is 1. The van der Waals surface area contributed by atoms with Crippen molar-refractivity contribution in [1.29, 1.82) is 0 Å². The zero-order chi connectivity index (χ0) is 17.1. The molecule has 1 aliphatic rings. The normalized spacial score (nSPS) is 16.5. The molecule has 1 unspecified atom stereocenters. The molecule has 3 rings (SSSR count). The highest BCUT2D eigenvalue weighted by Crippen LogP contribution is 2.35. The van der Waals surface area contributed by atoms with Crippen molar-refractivity contribution >= 4 is 34.3 Å². The van der Waals surface area contributed by atoms with Gasteiger partial charge in [-0.2, -0.15) is 0 Å². The van der Waals surface area contributed by atoms with Crippen molar-refractivity contribution in [2.75, 3.05) is 18.5 Å². The Morgan fingerprint density at radius 2 is 2.08 bits per heavy atom. The second-order valence-electron chi connectivity index (χ2n) is 6.05. The van der Waals surface area contributed by atoms with Crippen molar-refractivity contribution in [3.63, 3.8) is 0 Å². The second-order valence-corrected chi connectivity index (χ2v) is 7.13. The van der Waals surface area contributed by atoms with Gasteiger partial charge in [-0.15, -0.1) is 11.3 Å². The number of amides is 1. The van der Waals surface area contributed by atoms with Crippen molar-refractivity contribution < 1.29 is 4.79 Å². The number of likely N-dealkylation sites (N-methyl/N-ethyl adjacent to an activating group) is 1. The van der Waals surface area contributed by atoms with Gasteiger partial charge in [-0.3, -0.25) is 4.79 Å². The van der Waals surface area contributed by atoms with Crippen LogP contribution in [0.3, 0.4) is 0 Å². The summed E-state index contributed by atoms with van der Waals surface area (Å²) in [7, 11) is 2.09. The molecule has 1 aliphatic heterocycles. The van der Waals surface area contributed by atoms with E-state index < -0.39 is 0 Å². The van der Waals surface area contributed by atoms with Crippen molar-refractivity contribution in [3.8, 4) is 0 Å². The molecule has 2 heterocycles. The molecule has 0 fully saturated rings. The van der Waals surface area contributed by atoms with Crippen LogP contribution in [0.1, 0.15) is 41.2 Å². The Kier molecular flexibility index (Phi) is 5.00. The van der Waals surface area contributed by atoms with E-state index in [2.05, 4.69) is 37.2 Å². The third kappa shape index (κ3) is 3.22. The summed E-state index contributed by atoms with van der Waals surface area (Å²) in [5.41, 5.74) is 3.15. The lowest BCUT2D eigenvalue weighted by Crippen LogP contribution is -2.38. The molecular formula is C19H23N3OS. The third-order valence-electron chi connectivity index (χ3n) is 4.38. The lowest BCUT2D eigenvalue weighted by Gasteiger charge is -2.32. The van der Waals surface area contributed by atoms with Gasteiger partial charge in [0, 0.05) is 13.6 Å². The quantitative estimate of drug-likeness (QED) is 0.827. The summed E-state index contributed by atoms with van der Waals surface area (Å²) >= 11 is 1.52. The van der Waals surface area contributed by atoms with E-state index >= 15 is 0 Å². The number of hydrogen-bond donors (Lipinski definition) is 1. The number of para-hydroxylation sites is 2. The van der Waals surface area contributed by atoms with Crippen LogP contribution in [-0.2, 0) is 0 Å². The standard InChI is InChI=1S/C19H23N3OS/c1-4-5-12-20-19(23)17-11-10-16(24-17)18-13(2)22(3)15-9-7-6-8-14(15)21-18/h6-11,13H,4-5,12H2,1-3H3,(H,20,23). The first-order valence-electron chi connectivity index (χ1n) is 8.40. The molecule has 24 heavy (non-hydrogen) atoms. The van der Waals surface area contributed by atoms with Crippen molar-refractivity contribution in [2.24, 2.45) is 4.99 Å². The first kappa shape index (κ1) is 16.7. The fourth-order valence-electron chi connectivity index (χ4n) is 2.80. The number of unbranched alkanes of at least 4 members (excludes halogenated alkanes) is 1. The van der Waals surface area contributed by atoms with Crippen LogP contribution in [0.15, 0.2) is 41.4 Å². The molecule has 0 spiro atoms. The third-order valence-corrected chi connectivity index (χ3v) is 5.48. The van der Waals surface area contributed by atoms with Gasteiger partial charge in [0.15, 0.2) is 0 Å². The van der Waals surface area contributed by atoms with E-state index in [1.807, 2.05) is 30.3 Å². The fraction of sp³-hybridized carbons (Fsp3) is 0.368. The summed E-state index contributed by atoms with van der Waals surface area (Å²) in [6.07, 6.45) is 2.09. The van der Waals surface area contributed by atoms with Crippen molar-refractivity contribution in [3.05, 3.63) is 46.2 Å². The number of nitrogens with one attached hydrogen (secondary N) is 1. The number of carbonyl (C=O) groups is 1. The van der Waals surface area contributed by atoms with Gasteiger partial charge in [-0.25, -0.2) is 4.99 Å².